The van der Waals surface area contributed by atoms with E-state index in [-0.39, 0.29) is 10.9 Å². The summed E-state index contributed by atoms with van der Waals surface area (Å²) in [6, 6.07) is 5.88. The van der Waals surface area contributed by atoms with Crippen LogP contribution in [0.1, 0.15) is 5.56 Å². The summed E-state index contributed by atoms with van der Waals surface area (Å²) in [5.74, 6) is -0.835. The van der Waals surface area contributed by atoms with Gasteiger partial charge in [0, 0.05) is 10.9 Å². The fraction of sp³-hybridized carbons (Fsp3) is 0.111. The first-order valence-electron chi connectivity index (χ1n) is 3.87. The summed E-state index contributed by atoms with van der Waals surface area (Å²) in [4.78, 5) is 2.27. The number of rotatable bonds is 0. The highest BCUT2D eigenvalue weighted by Gasteiger charge is 2.37. The van der Waals surface area contributed by atoms with Crippen LogP contribution < -0.4 is 0 Å². The molecule has 0 aliphatic rings. The van der Waals surface area contributed by atoms with Gasteiger partial charge in [-0.05, 0) is 6.07 Å². The number of halogens is 3. The van der Waals surface area contributed by atoms with E-state index in [4.69, 9.17) is 5.11 Å². The van der Waals surface area contributed by atoms with Gasteiger partial charge in [0.25, 0.3) is 0 Å². The number of hydrogen-bond acceptors (Lipinski definition) is 1. The van der Waals surface area contributed by atoms with Crippen molar-refractivity contribution in [2.45, 2.75) is 6.18 Å². The van der Waals surface area contributed by atoms with Crippen LogP contribution in [0.4, 0.5) is 13.2 Å². The molecule has 0 bridgehead atoms. The van der Waals surface area contributed by atoms with Crippen molar-refractivity contribution in [3.8, 4) is 5.88 Å². The van der Waals surface area contributed by atoms with Crippen LogP contribution in [0.15, 0.2) is 24.3 Å². The maximum atomic E-state index is 12.4. The van der Waals surface area contributed by atoms with Crippen LogP contribution >= 0.6 is 0 Å². The van der Waals surface area contributed by atoms with Crippen LogP contribution in [0.5, 0.6) is 5.88 Å². The van der Waals surface area contributed by atoms with Gasteiger partial charge in [-0.2, -0.15) is 13.2 Å². The second-order valence-corrected chi connectivity index (χ2v) is 2.89. The number of benzene rings is 1. The van der Waals surface area contributed by atoms with E-state index < -0.39 is 17.6 Å². The number of aromatic hydroxyl groups is 1. The summed E-state index contributed by atoms with van der Waals surface area (Å²) >= 11 is 0. The molecule has 0 saturated heterocycles. The molecule has 2 nitrogen and oxygen atoms in total. The van der Waals surface area contributed by atoms with E-state index in [1.54, 1.807) is 6.07 Å². The number of fused-ring (bicyclic) bond motifs is 1. The van der Waals surface area contributed by atoms with Crippen LogP contribution in [0.25, 0.3) is 10.9 Å². The zero-order valence-electron chi connectivity index (χ0n) is 6.89. The van der Waals surface area contributed by atoms with Gasteiger partial charge >= 0.3 is 6.18 Å². The highest BCUT2D eigenvalue weighted by Crippen LogP contribution is 2.40. The standard InChI is InChI=1S/C9H6F3NO/c10-9(11,12)7-5-3-1-2-4-6(5)13-8(7)14/h1-4,13-14H. The Morgan fingerprint density at radius 1 is 1.14 bits per heavy atom. The van der Waals surface area contributed by atoms with E-state index in [0.717, 1.165) is 0 Å². The molecule has 74 valence electrons. The lowest BCUT2D eigenvalue weighted by Crippen LogP contribution is -2.03. The minimum atomic E-state index is -4.54. The van der Waals surface area contributed by atoms with E-state index in [9.17, 15) is 13.2 Å². The van der Waals surface area contributed by atoms with Crippen molar-refractivity contribution in [1.29, 1.82) is 0 Å². The first kappa shape index (κ1) is 8.93. The van der Waals surface area contributed by atoms with Crippen LogP contribution in [0.3, 0.4) is 0 Å². The lowest BCUT2D eigenvalue weighted by Gasteiger charge is -2.04. The maximum Gasteiger partial charge on any atom is 0.422 e. The molecule has 2 aromatic rings. The molecule has 0 fully saturated rings. The Bertz CT molecular complexity index is 472. The van der Waals surface area contributed by atoms with Crippen molar-refractivity contribution in [2.24, 2.45) is 0 Å². The molecule has 1 heterocycles. The average Bonchev–Trinajstić information content (AvgIpc) is 2.38. The lowest BCUT2D eigenvalue weighted by atomic mass is 10.1. The van der Waals surface area contributed by atoms with E-state index in [2.05, 4.69) is 4.98 Å². The van der Waals surface area contributed by atoms with E-state index in [1.165, 1.54) is 18.2 Å². The number of H-pyrrole nitrogens is 1. The molecule has 0 aliphatic carbocycles. The summed E-state index contributed by atoms with van der Waals surface area (Å²) in [7, 11) is 0. The van der Waals surface area contributed by atoms with Crippen LogP contribution in [-0.2, 0) is 6.18 Å². The summed E-state index contributed by atoms with van der Waals surface area (Å²) in [6.07, 6.45) is -4.54. The molecule has 2 rings (SSSR count). The average molecular weight is 201 g/mol. The molecule has 1 aromatic carbocycles. The van der Waals surface area contributed by atoms with Crippen molar-refractivity contribution < 1.29 is 18.3 Å². The molecule has 0 saturated carbocycles. The zero-order chi connectivity index (χ0) is 10.3. The molecule has 0 atom stereocenters. The van der Waals surface area contributed by atoms with E-state index in [1.807, 2.05) is 0 Å². The first-order valence-corrected chi connectivity index (χ1v) is 3.87. The van der Waals surface area contributed by atoms with Gasteiger partial charge in [0.2, 0.25) is 5.88 Å². The molecule has 5 heteroatoms. The van der Waals surface area contributed by atoms with Gasteiger partial charge in [-0.1, -0.05) is 18.2 Å². The number of alkyl halides is 3. The largest absolute Gasteiger partial charge is 0.494 e. The Labute approximate surface area is 77.0 Å². The smallest absolute Gasteiger partial charge is 0.422 e. The molecular weight excluding hydrogens is 195 g/mol. The summed E-state index contributed by atoms with van der Waals surface area (Å²) < 4.78 is 37.3. The van der Waals surface area contributed by atoms with Crippen molar-refractivity contribution in [3.63, 3.8) is 0 Å². The quantitative estimate of drug-likeness (QED) is 0.675. The Kier molecular flexibility index (Phi) is 1.70. The van der Waals surface area contributed by atoms with Gasteiger partial charge in [0.1, 0.15) is 5.56 Å². The van der Waals surface area contributed by atoms with Crippen molar-refractivity contribution >= 4 is 10.9 Å². The molecule has 0 unspecified atom stereocenters. The molecule has 1 aromatic heterocycles. The normalized spacial score (nSPS) is 12.2. The highest BCUT2D eigenvalue weighted by atomic mass is 19.4. The lowest BCUT2D eigenvalue weighted by molar-refractivity contribution is -0.137. The highest BCUT2D eigenvalue weighted by molar-refractivity contribution is 5.86. The van der Waals surface area contributed by atoms with Crippen LogP contribution in [0.2, 0.25) is 0 Å². The maximum absolute atomic E-state index is 12.4. The monoisotopic (exact) mass is 201 g/mol. The molecule has 14 heavy (non-hydrogen) atoms. The second kappa shape index (κ2) is 2.67. The Hall–Kier alpha value is -1.65. The minimum Gasteiger partial charge on any atom is -0.494 e. The Morgan fingerprint density at radius 2 is 1.79 bits per heavy atom. The fourth-order valence-electron chi connectivity index (χ4n) is 1.41. The van der Waals surface area contributed by atoms with Gasteiger partial charge < -0.3 is 10.1 Å². The third-order valence-corrected chi connectivity index (χ3v) is 1.97. The third kappa shape index (κ3) is 1.21. The van der Waals surface area contributed by atoms with E-state index >= 15 is 0 Å². The number of aromatic amines is 1. The number of nitrogens with one attached hydrogen (secondary N) is 1. The van der Waals surface area contributed by atoms with Crippen molar-refractivity contribution in [1.82, 2.24) is 4.98 Å². The second-order valence-electron chi connectivity index (χ2n) is 2.89. The summed E-state index contributed by atoms with van der Waals surface area (Å²) in [5, 5.41) is 9.08. The predicted molar refractivity (Wildman–Crippen MR) is 45.0 cm³/mol. The van der Waals surface area contributed by atoms with Crippen molar-refractivity contribution in [2.75, 3.05) is 0 Å². The van der Waals surface area contributed by atoms with Gasteiger partial charge in [-0.25, -0.2) is 0 Å². The number of aromatic nitrogens is 1. The molecule has 0 spiro atoms. The SMILES string of the molecule is Oc1[nH]c2ccccc2c1C(F)(F)F. The predicted octanol–water partition coefficient (Wildman–Crippen LogP) is 2.89. The summed E-state index contributed by atoms with van der Waals surface area (Å²) in [5.41, 5.74) is -0.731. The topological polar surface area (TPSA) is 36.0 Å². The molecule has 0 aliphatic heterocycles. The molecular formula is C9H6F3NO. The van der Waals surface area contributed by atoms with Crippen LogP contribution in [-0.4, -0.2) is 10.1 Å². The Morgan fingerprint density at radius 3 is 2.43 bits per heavy atom. The number of hydrogen-bond donors (Lipinski definition) is 2. The first-order chi connectivity index (χ1) is 6.50. The Balaban J connectivity index is 2.81. The van der Waals surface area contributed by atoms with Gasteiger partial charge in [-0.3, -0.25) is 0 Å². The van der Waals surface area contributed by atoms with Gasteiger partial charge in [-0.15, -0.1) is 0 Å². The summed E-state index contributed by atoms with van der Waals surface area (Å²) in [6.45, 7) is 0. The van der Waals surface area contributed by atoms with Crippen LogP contribution in [0, 0.1) is 0 Å². The van der Waals surface area contributed by atoms with Gasteiger partial charge in [0.05, 0.1) is 0 Å². The minimum absolute atomic E-state index is 0.0162. The fourth-order valence-corrected chi connectivity index (χ4v) is 1.41. The number of para-hydroxylation sites is 1. The molecule has 2 N–H and O–H groups in total. The van der Waals surface area contributed by atoms with E-state index in [0.29, 0.717) is 0 Å². The van der Waals surface area contributed by atoms with Crippen molar-refractivity contribution in [3.05, 3.63) is 29.8 Å². The zero-order valence-corrected chi connectivity index (χ0v) is 6.89. The molecule has 0 radical (unpaired) electrons. The third-order valence-electron chi connectivity index (χ3n) is 1.97. The molecule has 0 amide bonds. The van der Waals surface area contributed by atoms with Gasteiger partial charge in [0.15, 0.2) is 0 Å².